The maximum atomic E-state index is 12.5. The second-order valence-corrected chi connectivity index (χ2v) is 25.3. The summed E-state index contributed by atoms with van der Waals surface area (Å²) < 4.78 is 5.47. The van der Waals surface area contributed by atoms with Gasteiger partial charge in [-0.3, -0.25) is 9.59 Å². The average Bonchev–Trinajstić information content (AvgIpc) is 3.46. The highest BCUT2D eigenvalue weighted by Gasteiger charge is 2.20. The predicted molar refractivity (Wildman–Crippen MR) is 352 cm³/mol. The van der Waals surface area contributed by atoms with Gasteiger partial charge in [-0.05, 0) is 57.8 Å². The van der Waals surface area contributed by atoms with Gasteiger partial charge in [0.2, 0.25) is 5.91 Å². The van der Waals surface area contributed by atoms with Crippen molar-refractivity contribution in [3.05, 3.63) is 24.3 Å². The van der Waals surface area contributed by atoms with Crippen LogP contribution >= 0.6 is 0 Å². The predicted octanol–water partition coefficient (Wildman–Crippen LogP) is 23.7. The monoisotopic (exact) mass is 1130 g/mol. The van der Waals surface area contributed by atoms with Crippen molar-refractivity contribution >= 4 is 11.9 Å². The number of rotatable bonds is 69. The van der Waals surface area contributed by atoms with Crippen LogP contribution in [0.25, 0.3) is 0 Å². The first-order valence-electron chi connectivity index (χ1n) is 36.6. The zero-order valence-corrected chi connectivity index (χ0v) is 54.3. The van der Waals surface area contributed by atoms with Gasteiger partial charge in [-0.25, -0.2) is 0 Å². The van der Waals surface area contributed by atoms with Crippen molar-refractivity contribution in [2.75, 3.05) is 13.2 Å². The van der Waals surface area contributed by atoms with Gasteiger partial charge in [0.15, 0.2) is 0 Å². The molecule has 0 saturated carbocycles. The molecule has 0 aliphatic heterocycles. The van der Waals surface area contributed by atoms with Crippen molar-refractivity contribution in [1.82, 2.24) is 5.32 Å². The topological polar surface area (TPSA) is 95.9 Å². The van der Waals surface area contributed by atoms with E-state index in [-0.39, 0.29) is 18.5 Å². The maximum Gasteiger partial charge on any atom is 0.305 e. The smallest absolute Gasteiger partial charge is 0.305 e. The number of unbranched alkanes of at least 4 members (excludes halogenated alkanes) is 54. The highest BCUT2D eigenvalue weighted by molar-refractivity contribution is 5.76. The third kappa shape index (κ3) is 65.5. The van der Waals surface area contributed by atoms with Crippen LogP contribution in [0.15, 0.2) is 24.3 Å². The lowest BCUT2D eigenvalue weighted by Crippen LogP contribution is -2.45. The van der Waals surface area contributed by atoms with Gasteiger partial charge in [0.1, 0.15) is 0 Å². The Kier molecular flexibility index (Phi) is 68.4. The number of amides is 1. The summed E-state index contributed by atoms with van der Waals surface area (Å²) in [6.07, 6.45) is 88.2. The van der Waals surface area contributed by atoms with Crippen molar-refractivity contribution in [3.8, 4) is 0 Å². The van der Waals surface area contributed by atoms with Crippen molar-refractivity contribution < 1.29 is 24.5 Å². The molecule has 0 aliphatic rings. The van der Waals surface area contributed by atoms with Gasteiger partial charge in [-0.15, -0.1) is 0 Å². The number of esters is 1. The minimum atomic E-state index is -0.662. The highest BCUT2D eigenvalue weighted by atomic mass is 16.5. The zero-order chi connectivity index (χ0) is 57.8. The van der Waals surface area contributed by atoms with Crippen LogP contribution in [0, 0.1) is 0 Å². The number of nitrogens with one attached hydrogen (secondary N) is 1. The average molecular weight is 1130 g/mol. The summed E-state index contributed by atoms with van der Waals surface area (Å²) in [5.74, 6) is -0.0117. The summed E-state index contributed by atoms with van der Waals surface area (Å²) in [6, 6.07) is -0.540. The number of aliphatic hydroxyl groups excluding tert-OH is 2. The highest BCUT2D eigenvalue weighted by Crippen LogP contribution is 2.19. The Labute approximate surface area is 501 Å². The molecule has 0 aromatic rings. The molecule has 0 rings (SSSR count). The van der Waals surface area contributed by atoms with E-state index in [0.717, 1.165) is 44.9 Å². The lowest BCUT2D eigenvalue weighted by molar-refractivity contribution is -0.143. The van der Waals surface area contributed by atoms with E-state index in [9.17, 15) is 19.8 Å². The van der Waals surface area contributed by atoms with E-state index >= 15 is 0 Å². The van der Waals surface area contributed by atoms with Gasteiger partial charge >= 0.3 is 5.97 Å². The van der Waals surface area contributed by atoms with E-state index in [4.69, 9.17) is 4.74 Å². The molecule has 0 radical (unpaired) electrons. The largest absolute Gasteiger partial charge is 0.466 e. The van der Waals surface area contributed by atoms with Gasteiger partial charge in [0.05, 0.1) is 25.4 Å². The molecule has 0 aromatic heterocycles. The summed E-state index contributed by atoms with van der Waals surface area (Å²) in [5, 5.41) is 23.4. The molecule has 80 heavy (non-hydrogen) atoms. The lowest BCUT2D eigenvalue weighted by Gasteiger charge is -2.22. The number of allylic oxidation sites excluding steroid dienone is 4. The van der Waals surface area contributed by atoms with Crippen LogP contribution in [-0.2, 0) is 14.3 Å². The van der Waals surface area contributed by atoms with Crippen LogP contribution in [0.5, 0.6) is 0 Å². The molecule has 0 heterocycles. The molecule has 0 fully saturated rings. The molecule has 6 nitrogen and oxygen atoms in total. The molecule has 2 unspecified atom stereocenters. The quantitative estimate of drug-likeness (QED) is 0.0320. The standard InChI is InChI=1S/C74H143NO5/c1-3-5-7-9-11-13-15-16-17-37-40-43-47-50-54-58-62-66-72(77)71(70-76)75-73(78)67-63-59-55-51-48-44-41-38-35-33-31-29-27-25-23-21-19-18-20-22-24-26-28-30-32-34-36-39-42-45-49-53-57-61-65-69-80-74(79)68-64-60-56-52-46-14-12-10-8-6-4-2/h20,22,26,28,71-72,76-77H,3-19,21,23-25,27,29-70H2,1-2H3,(H,75,78)/b22-20-,28-26-. The summed E-state index contributed by atoms with van der Waals surface area (Å²) >= 11 is 0. The van der Waals surface area contributed by atoms with E-state index in [1.54, 1.807) is 0 Å². The van der Waals surface area contributed by atoms with E-state index in [2.05, 4.69) is 43.5 Å². The molecular weight excluding hydrogens is 983 g/mol. The fourth-order valence-electron chi connectivity index (χ4n) is 11.7. The molecule has 1 amide bonds. The van der Waals surface area contributed by atoms with Crippen LogP contribution in [0.1, 0.15) is 412 Å². The van der Waals surface area contributed by atoms with Crippen molar-refractivity contribution in [3.63, 3.8) is 0 Å². The number of carbonyl (C=O) groups is 2. The summed E-state index contributed by atoms with van der Waals surface area (Å²) in [4.78, 5) is 24.5. The Morgan fingerprint density at radius 1 is 0.350 bits per heavy atom. The first-order chi connectivity index (χ1) is 39.5. The molecule has 6 heteroatoms. The van der Waals surface area contributed by atoms with E-state index in [1.807, 2.05) is 0 Å². The molecule has 0 spiro atoms. The van der Waals surface area contributed by atoms with Crippen LogP contribution in [0.4, 0.5) is 0 Å². The Hall–Kier alpha value is -1.66. The zero-order valence-electron chi connectivity index (χ0n) is 54.3. The Morgan fingerprint density at radius 3 is 0.950 bits per heavy atom. The summed E-state index contributed by atoms with van der Waals surface area (Å²) in [6.45, 7) is 4.99. The Bertz CT molecular complexity index is 1250. The minimum Gasteiger partial charge on any atom is -0.466 e. The third-order valence-electron chi connectivity index (χ3n) is 17.3. The molecule has 474 valence electrons. The number of ether oxygens (including phenoxy) is 1. The first-order valence-corrected chi connectivity index (χ1v) is 36.6. The third-order valence-corrected chi connectivity index (χ3v) is 17.3. The maximum absolute atomic E-state index is 12.5. The molecule has 0 aliphatic carbocycles. The Balaban J connectivity index is 3.37. The van der Waals surface area contributed by atoms with Crippen molar-refractivity contribution in [2.24, 2.45) is 0 Å². The van der Waals surface area contributed by atoms with E-state index < -0.39 is 12.1 Å². The normalized spacial score (nSPS) is 12.6. The lowest BCUT2D eigenvalue weighted by atomic mass is 10.0. The van der Waals surface area contributed by atoms with Gasteiger partial charge in [-0.2, -0.15) is 0 Å². The van der Waals surface area contributed by atoms with Crippen LogP contribution in [0.3, 0.4) is 0 Å². The summed E-state index contributed by atoms with van der Waals surface area (Å²) in [7, 11) is 0. The molecule has 3 N–H and O–H groups in total. The fourth-order valence-corrected chi connectivity index (χ4v) is 11.7. The van der Waals surface area contributed by atoms with Gasteiger partial charge in [0.25, 0.3) is 0 Å². The Morgan fingerprint density at radius 2 is 0.625 bits per heavy atom. The second kappa shape index (κ2) is 69.8. The molecule has 0 aromatic carbocycles. The summed E-state index contributed by atoms with van der Waals surface area (Å²) in [5.41, 5.74) is 0. The molecule has 0 bridgehead atoms. The van der Waals surface area contributed by atoms with Crippen LogP contribution < -0.4 is 5.32 Å². The van der Waals surface area contributed by atoms with Gasteiger partial charge in [0, 0.05) is 12.8 Å². The number of hydrogen-bond donors (Lipinski definition) is 3. The molecular formula is C74H143NO5. The fraction of sp³-hybridized carbons (Fsp3) is 0.919. The SMILES string of the molecule is CCCCCCCCCCCCCCCCCCCC(O)C(CO)NC(=O)CCCCCCCCCCCCCCCCCCC/C=C\C/C=C\CCCCCCCCCCCCCOC(=O)CCCCCCCCCCCCC. The van der Waals surface area contributed by atoms with E-state index in [1.165, 1.54) is 334 Å². The molecule has 0 saturated heterocycles. The number of carbonyl (C=O) groups excluding carboxylic acids is 2. The first kappa shape index (κ1) is 78.3. The van der Waals surface area contributed by atoms with Gasteiger partial charge < -0.3 is 20.3 Å². The molecule has 2 atom stereocenters. The second-order valence-electron chi connectivity index (χ2n) is 25.3. The van der Waals surface area contributed by atoms with Crippen molar-refractivity contribution in [2.45, 2.75) is 424 Å². The van der Waals surface area contributed by atoms with E-state index in [0.29, 0.717) is 25.9 Å². The minimum absolute atomic E-state index is 0.0171. The van der Waals surface area contributed by atoms with Crippen LogP contribution in [0.2, 0.25) is 0 Å². The van der Waals surface area contributed by atoms with Crippen molar-refractivity contribution in [1.29, 1.82) is 0 Å². The number of hydrogen-bond acceptors (Lipinski definition) is 5. The van der Waals surface area contributed by atoms with Crippen LogP contribution in [-0.4, -0.2) is 47.4 Å². The number of aliphatic hydroxyl groups is 2. The van der Waals surface area contributed by atoms with Gasteiger partial charge in [-0.1, -0.05) is 366 Å².